The number of benzene rings is 14. The summed E-state index contributed by atoms with van der Waals surface area (Å²) in [6.07, 6.45) is 0. The molecule has 0 aliphatic carbocycles. The van der Waals surface area contributed by atoms with Gasteiger partial charge < -0.3 is 9.13 Å². The third-order valence-electron chi connectivity index (χ3n) is 21.3. The molecular weight excluding hydrogens is 1400 g/mol. The Kier molecular flexibility index (Phi) is 16.4. The van der Waals surface area contributed by atoms with Crippen molar-refractivity contribution >= 4 is 107 Å². The first kappa shape index (κ1) is 65.8. The SMILES string of the molecule is c1ccc(-c2cc(-c3ccc(-c4ccc(-n5c6ccccc6c6c7c(sc65)c(-c5ccccc5)nc5ccccc57)cc4)cc3)nc(-c3ccccc3)n2)cc1.c1ccc(-c2cc(-c3ccc(-c4cccc(-n5c6ccccc6c6c7c(sc65)c(-c5ccccc5)nc5ccccc57)c4)cc3)nc(-c3ccccc3)n2)cc1. The summed E-state index contributed by atoms with van der Waals surface area (Å²) in [4.78, 5) is 32.9. The minimum absolute atomic E-state index is 0.713. The van der Waals surface area contributed by atoms with Crippen molar-refractivity contribution in [3.63, 3.8) is 0 Å². The molecule has 0 aliphatic rings. The monoisotopic (exact) mass is 1460 g/mol. The molecule has 14 aromatic carbocycles. The fraction of sp³-hybridized carbons (Fsp3) is 0. The van der Waals surface area contributed by atoms with Gasteiger partial charge >= 0.3 is 0 Å². The third-order valence-corrected chi connectivity index (χ3v) is 23.6. The van der Waals surface area contributed by atoms with Crippen LogP contribution in [0.25, 0.3) is 208 Å². The van der Waals surface area contributed by atoms with Crippen molar-refractivity contribution in [3.05, 3.63) is 388 Å². The van der Waals surface area contributed by atoms with E-state index in [1.807, 2.05) is 95.5 Å². The van der Waals surface area contributed by atoms with Crippen molar-refractivity contribution in [1.82, 2.24) is 39.0 Å². The van der Waals surface area contributed by atoms with Gasteiger partial charge in [0.05, 0.1) is 65.6 Å². The number of rotatable bonds is 12. The Morgan fingerprint density at radius 2 is 0.500 bits per heavy atom. The highest BCUT2D eigenvalue weighted by Crippen LogP contribution is 2.50. The molecule has 22 aromatic rings. The Balaban J connectivity index is 0.000000141. The number of nitrogens with zero attached hydrogens (tertiary/aromatic N) is 8. The Bertz CT molecular complexity index is 7190. The van der Waals surface area contributed by atoms with Gasteiger partial charge in [0.1, 0.15) is 9.66 Å². The van der Waals surface area contributed by atoms with Crippen LogP contribution in [0.1, 0.15) is 0 Å². The van der Waals surface area contributed by atoms with Gasteiger partial charge in [0.25, 0.3) is 0 Å². The fourth-order valence-electron chi connectivity index (χ4n) is 15.9. The molecule has 0 radical (unpaired) electrons. The first-order valence-electron chi connectivity index (χ1n) is 37.6. The summed E-state index contributed by atoms with van der Waals surface area (Å²) < 4.78 is 7.29. The number of pyridine rings is 2. The predicted octanol–water partition coefficient (Wildman–Crippen LogP) is 27.3. The Hall–Kier alpha value is -14.4. The molecule has 0 unspecified atom stereocenters. The third kappa shape index (κ3) is 11.8. The molecule has 0 aliphatic heterocycles. The number of thiophene rings is 2. The highest BCUT2D eigenvalue weighted by molar-refractivity contribution is 7.27. The molecule has 8 heterocycles. The number of hydrogen-bond donors (Lipinski definition) is 0. The molecule has 0 atom stereocenters. The lowest BCUT2D eigenvalue weighted by Gasteiger charge is -2.11. The van der Waals surface area contributed by atoms with E-state index in [1.54, 1.807) is 0 Å². The summed E-state index contributed by atoms with van der Waals surface area (Å²) in [5, 5.41) is 9.97. The lowest BCUT2D eigenvalue weighted by Crippen LogP contribution is -1.96. The van der Waals surface area contributed by atoms with Gasteiger partial charge in [-0.3, -0.25) is 0 Å². The van der Waals surface area contributed by atoms with Crippen molar-refractivity contribution in [3.8, 4) is 124 Å². The summed E-state index contributed by atoms with van der Waals surface area (Å²) in [6.45, 7) is 0. The largest absolute Gasteiger partial charge is 0.301 e. The van der Waals surface area contributed by atoms with Gasteiger partial charge in [0, 0.05) is 99.0 Å². The molecule has 524 valence electrons. The average molecular weight is 1470 g/mol. The van der Waals surface area contributed by atoms with Gasteiger partial charge in [-0.05, 0) is 82.9 Å². The van der Waals surface area contributed by atoms with E-state index in [4.69, 9.17) is 29.9 Å². The molecule has 0 saturated carbocycles. The molecule has 0 fully saturated rings. The normalized spacial score (nSPS) is 11.6. The molecular formula is C102H64N8S2. The second-order valence-electron chi connectivity index (χ2n) is 28.0. The number of para-hydroxylation sites is 4. The number of aromatic nitrogens is 8. The first-order chi connectivity index (χ1) is 55.5. The zero-order valence-electron chi connectivity index (χ0n) is 60.3. The minimum Gasteiger partial charge on any atom is -0.301 e. The predicted molar refractivity (Wildman–Crippen MR) is 468 cm³/mol. The van der Waals surface area contributed by atoms with Gasteiger partial charge in [-0.15, -0.1) is 22.7 Å². The molecule has 22 rings (SSSR count). The quantitative estimate of drug-likeness (QED) is 0.121. The number of fused-ring (bicyclic) bond motifs is 14. The zero-order chi connectivity index (χ0) is 74.0. The number of hydrogen-bond acceptors (Lipinski definition) is 8. The topological polar surface area (TPSA) is 87.2 Å². The van der Waals surface area contributed by atoms with Crippen LogP contribution in [-0.2, 0) is 0 Å². The highest BCUT2D eigenvalue weighted by Gasteiger charge is 2.26. The maximum absolute atomic E-state index is 5.25. The van der Waals surface area contributed by atoms with Crippen LogP contribution in [0, 0.1) is 0 Å². The van der Waals surface area contributed by atoms with Crippen LogP contribution in [0.3, 0.4) is 0 Å². The van der Waals surface area contributed by atoms with Crippen LogP contribution in [0.4, 0.5) is 0 Å². The fourth-order valence-corrected chi connectivity index (χ4v) is 18.7. The molecule has 112 heavy (non-hydrogen) atoms. The standard InChI is InChI=1S/2C51H32N4S/c1-4-15-34(16-5-1)43-32-44(54-50(53-43)37-19-8-3-9-20-37)35-29-27-33(28-30-35)38-21-14-22-39(31-38)55-45-26-13-11-24-41(45)47-46-40-23-10-12-25-42(40)52-48(49(46)56-51(47)55)36-17-6-2-7-18-36;1-4-14-35(15-5-1)43-32-44(54-50(53-43)38-18-8-3-9-19-38)36-26-24-33(25-27-36)34-28-30-39(31-29-34)55-45-23-13-11-21-41(45)47-46-40-20-10-12-22-42(40)52-48(49(46)56-51(47)55)37-16-6-2-7-17-37/h2*1-32H. The molecule has 0 N–H and O–H groups in total. The van der Waals surface area contributed by atoms with Gasteiger partial charge in [-0.25, -0.2) is 29.9 Å². The Morgan fingerprint density at radius 3 is 0.911 bits per heavy atom. The smallest absolute Gasteiger partial charge is 0.160 e. The summed E-state index contributed by atoms with van der Waals surface area (Å²) in [5.41, 5.74) is 25.4. The summed E-state index contributed by atoms with van der Waals surface area (Å²) in [6, 6.07) is 136. The van der Waals surface area contributed by atoms with E-state index < -0.39 is 0 Å². The lowest BCUT2D eigenvalue weighted by molar-refractivity contribution is 1.18. The minimum atomic E-state index is 0.713. The lowest BCUT2D eigenvalue weighted by atomic mass is 10.0. The molecule has 8 aromatic heterocycles. The van der Waals surface area contributed by atoms with E-state index in [0.717, 1.165) is 123 Å². The van der Waals surface area contributed by atoms with E-state index in [0.29, 0.717) is 11.6 Å². The van der Waals surface area contributed by atoms with Crippen molar-refractivity contribution in [2.24, 2.45) is 0 Å². The average Bonchev–Trinajstić information content (AvgIpc) is 1.55. The Labute approximate surface area is 653 Å². The van der Waals surface area contributed by atoms with Crippen molar-refractivity contribution in [1.29, 1.82) is 0 Å². The van der Waals surface area contributed by atoms with Crippen LogP contribution in [-0.4, -0.2) is 39.0 Å². The van der Waals surface area contributed by atoms with Crippen LogP contribution >= 0.6 is 22.7 Å². The molecule has 0 saturated heterocycles. The van der Waals surface area contributed by atoms with Crippen LogP contribution in [0.15, 0.2) is 388 Å². The van der Waals surface area contributed by atoms with Gasteiger partial charge in [-0.2, -0.15) is 0 Å². The molecule has 0 bridgehead atoms. The summed E-state index contributed by atoms with van der Waals surface area (Å²) in [5.74, 6) is 1.43. The van der Waals surface area contributed by atoms with Gasteiger partial charge in [0.2, 0.25) is 0 Å². The molecule has 8 nitrogen and oxygen atoms in total. The zero-order valence-corrected chi connectivity index (χ0v) is 62.0. The first-order valence-corrected chi connectivity index (χ1v) is 39.2. The van der Waals surface area contributed by atoms with E-state index in [-0.39, 0.29) is 0 Å². The van der Waals surface area contributed by atoms with E-state index in [2.05, 4.69) is 325 Å². The van der Waals surface area contributed by atoms with Gasteiger partial charge in [-0.1, -0.05) is 328 Å². The summed E-state index contributed by atoms with van der Waals surface area (Å²) in [7, 11) is 0. The van der Waals surface area contributed by atoms with E-state index >= 15 is 0 Å². The van der Waals surface area contributed by atoms with Gasteiger partial charge in [0.15, 0.2) is 11.6 Å². The maximum atomic E-state index is 5.25. The van der Waals surface area contributed by atoms with E-state index in [1.165, 1.54) is 73.2 Å². The maximum Gasteiger partial charge on any atom is 0.160 e. The van der Waals surface area contributed by atoms with E-state index in [9.17, 15) is 0 Å². The van der Waals surface area contributed by atoms with Crippen LogP contribution < -0.4 is 0 Å². The van der Waals surface area contributed by atoms with Crippen LogP contribution in [0.2, 0.25) is 0 Å². The molecule has 10 heteroatoms. The molecule has 0 spiro atoms. The second-order valence-corrected chi connectivity index (χ2v) is 30.0. The van der Waals surface area contributed by atoms with Crippen molar-refractivity contribution < 1.29 is 0 Å². The molecule has 0 amide bonds. The summed E-state index contributed by atoms with van der Waals surface area (Å²) >= 11 is 3.67. The second kappa shape index (κ2) is 28.0. The highest BCUT2D eigenvalue weighted by atomic mass is 32.1. The van der Waals surface area contributed by atoms with Crippen molar-refractivity contribution in [2.75, 3.05) is 0 Å². The Morgan fingerprint density at radius 1 is 0.196 bits per heavy atom. The van der Waals surface area contributed by atoms with Crippen LogP contribution in [0.5, 0.6) is 0 Å². The van der Waals surface area contributed by atoms with Crippen molar-refractivity contribution in [2.45, 2.75) is 0 Å².